The van der Waals surface area contributed by atoms with Crippen LogP contribution in [0.1, 0.15) is 44.5 Å². The molecule has 0 radical (unpaired) electrons. The molecule has 0 bridgehead atoms. The summed E-state index contributed by atoms with van der Waals surface area (Å²) in [6, 6.07) is 6.86. The summed E-state index contributed by atoms with van der Waals surface area (Å²) in [6.07, 6.45) is 0.333. The van der Waals surface area contributed by atoms with Gasteiger partial charge in [-0.3, -0.25) is 4.79 Å². The zero-order chi connectivity index (χ0) is 15.9. The number of nitrogens with one attached hydrogen (secondary N) is 1. The summed E-state index contributed by atoms with van der Waals surface area (Å²) in [5, 5.41) is 2.44. The summed E-state index contributed by atoms with van der Waals surface area (Å²) in [7, 11) is 0. The molecule has 0 atom stereocenters. The van der Waals surface area contributed by atoms with Crippen molar-refractivity contribution in [2.24, 2.45) is 0 Å². The number of hydrogen-bond donors (Lipinski definition) is 1. The Morgan fingerprint density at radius 3 is 2.29 bits per heavy atom. The number of carbonyl (C=O) groups excluding carboxylic acids is 2. The number of amides is 1. The van der Waals surface area contributed by atoms with Crippen LogP contribution in [0.2, 0.25) is 0 Å². The van der Waals surface area contributed by atoms with Crippen molar-refractivity contribution < 1.29 is 19.1 Å². The molecule has 5 heteroatoms. The summed E-state index contributed by atoms with van der Waals surface area (Å²) in [5.74, 6) is 0.552. The molecule has 1 aromatic rings. The van der Waals surface area contributed by atoms with Crippen molar-refractivity contribution in [3.8, 4) is 5.75 Å². The van der Waals surface area contributed by atoms with E-state index in [1.165, 1.54) is 0 Å². The topological polar surface area (TPSA) is 64.6 Å². The fourth-order valence-electron chi connectivity index (χ4n) is 1.53. The minimum Gasteiger partial charge on any atom is -0.494 e. The molecule has 0 spiro atoms. The van der Waals surface area contributed by atoms with Crippen molar-refractivity contribution in [1.29, 1.82) is 0 Å². The van der Waals surface area contributed by atoms with Crippen LogP contribution in [-0.4, -0.2) is 30.6 Å². The van der Waals surface area contributed by atoms with Gasteiger partial charge in [-0.2, -0.15) is 0 Å². The molecule has 1 amide bonds. The van der Waals surface area contributed by atoms with E-state index in [2.05, 4.69) is 5.32 Å². The Morgan fingerprint density at radius 2 is 1.76 bits per heavy atom. The number of carbonyl (C=O) groups is 2. The Hall–Kier alpha value is -2.04. The maximum absolute atomic E-state index is 11.9. The number of Topliss-reactive ketones (excluding diaryl/α,β-unsaturated/α-hetero) is 1. The van der Waals surface area contributed by atoms with Gasteiger partial charge < -0.3 is 14.8 Å². The lowest BCUT2D eigenvalue weighted by molar-refractivity contribution is 0.0520. The Morgan fingerprint density at radius 1 is 1.14 bits per heavy atom. The van der Waals surface area contributed by atoms with Gasteiger partial charge in [0.1, 0.15) is 11.4 Å². The van der Waals surface area contributed by atoms with Crippen LogP contribution >= 0.6 is 0 Å². The Labute approximate surface area is 125 Å². The molecular weight excluding hydrogens is 270 g/mol. The lowest BCUT2D eigenvalue weighted by Gasteiger charge is -2.19. The van der Waals surface area contributed by atoms with Gasteiger partial charge in [0.15, 0.2) is 5.78 Å². The van der Waals surface area contributed by atoms with Crippen LogP contribution in [0, 0.1) is 0 Å². The van der Waals surface area contributed by atoms with Crippen LogP contribution in [0.25, 0.3) is 0 Å². The van der Waals surface area contributed by atoms with E-state index in [1.807, 2.05) is 6.92 Å². The van der Waals surface area contributed by atoms with E-state index in [-0.39, 0.29) is 12.3 Å². The summed E-state index contributed by atoms with van der Waals surface area (Å²) in [6.45, 7) is 7.88. The van der Waals surface area contributed by atoms with Gasteiger partial charge in [-0.1, -0.05) is 6.92 Å². The average Bonchev–Trinajstić information content (AvgIpc) is 2.41. The zero-order valence-corrected chi connectivity index (χ0v) is 13.1. The maximum Gasteiger partial charge on any atom is 0.408 e. The molecule has 1 rings (SSSR count). The van der Waals surface area contributed by atoms with Crippen molar-refractivity contribution in [2.75, 3.05) is 13.2 Å². The van der Waals surface area contributed by atoms with Crippen molar-refractivity contribution in [2.45, 2.75) is 39.7 Å². The smallest absolute Gasteiger partial charge is 0.408 e. The Balaban J connectivity index is 2.47. The highest BCUT2D eigenvalue weighted by molar-refractivity contribution is 5.98. The van der Waals surface area contributed by atoms with Crippen molar-refractivity contribution in [3.05, 3.63) is 29.8 Å². The summed E-state index contributed by atoms with van der Waals surface area (Å²) < 4.78 is 10.5. The minimum absolute atomic E-state index is 0.0932. The van der Waals surface area contributed by atoms with Gasteiger partial charge in [-0.25, -0.2) is 4.79 Å². The molecule has 21 heavy (non-hydrogen) atoms. The number of ketones is 1. The monoisotopic (exact) mass is 293 g/mol. The van der Waals surface area contributed by atoms with Gasteiger partial charge in [0, 0.05) is 5.56 Å². The molecule has 0 fully saturated rings. The molecule has 0 aliphatic heterocycles. The minimum atomic E-state index is -0.598. The van der Waals surface area contributed by atoms with Gasteiger partial charge in [0.25, 0.3) is 0 Å². The van der Waals surface area contributed by atoms with Crippen LogP contribution in [-0.2, 0) is 4.74 Å². The standard InChI is InChI=1S/C16H23NO4/c1-5-10-20-13-8-6-12(7-9-13)14(18)11-17-15(19)21-16(2,3)4/h6-9H,5,10-11H2,1-4H3,(H,17,19). The molecule has 0 aromatic heterocycles. The van der Waals surface area contributed by atoms with E-state index in [1.54, 1.807) is 45.0 Å². The summed E-state index contributed by atoms with van der Waals surface area (Å²) >= 11 is 0. The average molecular weight is 293 g/mol. The molecule has 5 nitrogen and oxygen atoms in total. The molecule has 1 N–H and O–H groups in total. The molecule has 0 aliphatic rings. The van der Waals surface area contributed by atoms with E-state index in [4.69, 9.17) is 9.47 Å². The number of alkyl carbamates (subject to hydrolysis) is 1. The first-order valence-electron chi connectivity index (χ1n) is 7.04. The van der Waals surface area contributed by atoms with Crippen LogP contribution < -0.4 is 10.1 Å². The van der Waals surface area contributed by atoms with Crippen molar-refractivity contribution >= 4 is 11.9 Å². The van der Waals surface area contributed by atoms with Gasteiger partial charge in [0.2, 0.25) is 0 Å². The fraction of sp³-hybridized carbons (Fsp3) is 0.500. The fourth-order valence-corrected chi connectivity index (χ4v) is 1.53. The van der Waals surface area contributed by atoms with Crippen LogP contribution in [0.4, 0.5) is 4.79 Å². The van der Waals surface area contributed by atoms with E-state index in [0.29, 0.717) is 12.2 Å². The second kappa shape index (κ2) is 7.67. The molecule has 1 aromatic carbocycles. The second-order valence-corrected chi connectivity index (χ2v) is 5.65. The van der Waals surface area contributed by atoms with E-state index >= 15 is 0 Å². The highest BCUT2D eigenvalue weighted by Crippen LogP contribution is 2.13. The third kappa shape index (κ3) is 6.79. The molecule has 0 aliphatic carbocycles. The van der Waals surface area contributed by atoms with Crippen LogP contribution in [0.15, 0.2) is 24.3 Å². The molecule has 0 saturated carbocycles. The van der Waals surface area contributed by atoms with E-state index in [9.17, 15) is 9.59 Å². The van der Waals surface area contributed by atoms with Gasteiger partial charge in [-0.15, -0.1) is 0 Å². The first-order chi connectivity index (χ1) is 9.81. The highest BCUT2D eigenvalue weighted by atomic mass is 16.6. The SMILES string of the molecule is CCCOc1ccc(C(=O)CNC(=O)OC(C)(C)C)cc1. The predicted molar refractivity (Wildman–Crippen MR) is 80.8 cm³/mol. The molecule has 116 valence electrons. The normalized spacial score (nSPS) is 10.9. The van der Waals surface area contributed by atoms with E-state index in [0.717, 1.165) is 12.2 Å². The number of hydrogen-bond acceptors (Lipinski definition) is 4. The van der Waals surface area contributed by atoms with Crippen molar-refractivity contribution in [3.63, 3.8) is 0 Å². The Kier molecular flexibility index (Phi) is 6.21. The van der Waals surface area contributed by atoms with Crippen LogP contribution in [0.5, 0.6) is 5.75 Å². The maximum atomic E-state index is 11.9. The third-order valence-corrected chi connectivity index (χ3v) is 2.44. The lowest BCUT2D eigenvalue weighted by atomic mass is 10.1. The number of benzene rings is 1. The quantitative estimate of drug-likeness (QED) is 0.818. The largest absolute Gasteiger partial charge is 0.494 e. The number of rotatable bonds is 6. The summed E-state index contributed by atoms with van der Waals surface area (Å²) in [5.41, 5.74) is -0.0549. The lowest BCUT2D eigenvalue weighted by Crippen LogP contribution is -2.35. The van der Waals surface area contributed by atoms with E-state index < -0.39 is 11.7 Å². The highest BCUT2D eigenvalue weighted by Gasteiger charge is 2.16. The van der Waals surface area contributed by atoms with Crippen molar-refractivity contribution in [1.82, 2.24) is 5.32 Å². The molecule has 0 saturated heterocycles. The number of ether oxygens (including phenoxy) is 2. The predicted octanol–water partition coefficient (Wildman–Crippen LogP) is 3.18. The van der Waals surface area contributed by atoms with Crippen LogP contribution in [0.3, 0.4) is 0 Å². The summed E-state index contributed by atoms with van der Waals surface area (Å²) in [4.78, 5) is 23.4. The first kappa shape index (κ1) is 17.0. The zero-order valence-electron chi connectivity index (χ0n) is 13.1. The molecule has 0 unspecified atom stereocenters. The first-order valence-corrected chi connectivity index (χ1v) is 7.04. The molecular formula is C16H23NO4. The third-order valence-electron chi connectivity index (χ3n) is 2.44. The second-order valence-electron chi connectivity index (χ2n) is 5.65. The Bertz CT molecular complexity index is 474. The molecule has 0 heterocycles. The van der Waals surface area contributed by atoms with Gasteiger partial charge in [-0.05, 0) is 51.5 Å². The van der Waals surface area contributed by atoms with Gasteiger partial charge in [0.05, 0.1) is 13.2 Å². The van der Waals surface area contributed by atoms with Gasteiger partial charge >= 0.3 is 6.09 Å².